The molecular formula is C5H10N2. The molecule has 0 amide bonds. The SMILES string of the molecule is C=CNCNC=C. The first kappa shape index (κ1) is 6.08. The smallest absolute Gasteiger partial charge is 0.0839 e. The standard InChI is InChI=1S/C5H10N2/c1-3-6-5-7-4-2/h3-4,6-7H,1-2,5H2. The van der Waals surface area contributed by atoms with E-state index < -0.39 is 0 Å². The number of hydrogen-bond donors (Lipinski definition) is 2. The van der Waals surface area contributed by atoms with Crippen LogP contribution in [0.15, 0.2) is 25.6 Å². The van der Waals surface area contributed by atoms with Gasteiger partial charge >= 0.3 is 0 Å². The lowest BCUT2D eigenvalue weighted by atomic mass is 10.9. The van der Waals surface area contributed by atoms with Gasteiger partial charge in [0.25, 0.3) is 0 Å². The van der Waals surface area contributed by atoms with Crippen LogP contribution >= 0.6 is 0 Å². The molecule has 0 rings (SSSR count). The van der Waals surface area contributed by atoms with Crippen molar-refractivity contribution in [3.05, 3.63) is 25.6 Å². The summed E-state index contributed by atoms with van der Waals surface area (Å²) in [4.78, 5) is 0. The van der Waals surface area contributed by atoms with E-state index in [1.807, 2.05) is 0 Å². The second-order valence-electron chi connectivity index (χ2n) is 0.993. The molecule has 0 saturated heterocycles. The van der Waals surface area contributed by atoms with Crippen molar-refractivity contribution in [1.82, 2.24) is 10.6 Å². The summed E-state index contributed by atoms with van der Waals surface area (Å²) in [5.41, 5.74) is 0. The Bertz CT molecular complexity index is 51.1. The Balaban J connectivity index is 2.68. The van der Waals surface area contributed by atoms with E-state index in [0.29, 0.717) is 6.67 Å². The van der Waals surface area contributed by atoms with Crippen LogP contribution in [-0.2, 0) is 0 Å². The van der Waals surface area contributed by atoms with Gasteiger partial charge in [-0.2, -0.15) is 0 Å². The van der Waals surface area contributed by atoms with Gasteiger partial charge in [-0.1, -0.05) is 13.2 Å². The highest BCUT2D eigenvalue weighted by molar-refractivity contribution is 4.66. The molecule has 0 aliphatic heterocycles. The lowest BCUT2D eigenvalue weighted by molar-refractivity contribution is 0.773. The summed E-state index contributed by atoms with van der Waals surface area (Å²) in [7, 11) is 0. The quantitative estimate of drug-likeness (QED) is 0.393. The van der Waals surface area contributed by atoms with Gasteiger partial charge in [0.2, 0.25) is 0 Å². The summed E-state index contributed by atoms with van der Waals surface area (Å²) in [6.45, 7) is 7.60. The highest BCUT2D eigenvalue weighted by Gasteiger charge is 1.65. The molecule has 2 heteroatoms. The third kappa shape index (κ3) is 5.08. The minimum absolute atomic E-state index is 0.701. The summed E-state index contributed by atoms with van der Waals surface area (Å²) < 4.78 is 0. The minimum atomic E-state index is 0.701. The van der Waals surface area contributed by atoms with Crippen LogP contribution in [0.25, 0.3) is 0 Å². The molecule has 0 fully saturated rings. The van der Waals surface area contributed by atoms with Gasteiger partial charge in [0.15, 0.2) is 0 Å². The second kappa shape index (κ2) is 5.08. The van der Waals surface area contributed by atoms with Gasteiger partial charge in [-0.15, -0.1) is 0 Å². The first-order chi connectivity index (χ1) is 3.41. The Kier molecular flexibility index (Phi) is 4.41. The van der Waals surface area contributed by atoms with E-state index in [-0.39, 0.29) is 0 Å². The molecule has 0 bridgehead atoms. The van der Waals surface area contributed by atoms with E-state index in [0.717, 1.165) is 0 Å². The van der Waals surface area contributed by atoms with E-state index in [1.54, 1.807) is 12.4 Å². The van der Waals surface area contributed by atoms with Crippen molar-refractivity contribution in [2.24, 2.45) is 0 Å². The molecule has 0 radical (unpaired) electrons. The van der Waals surface area contributed by atoms with E-state index in [1.165, 1.54) is 0 Å². The molecule has 2 nitrogen and oxygen atoms in total. The van der Waals surface area contributed by atoms with E-state index >= 15 is 0 Å². The Hall–Kier alpha value is -0.920. The van der Waals surface area contributed by atoms with Gasteiger partial charge in [-0.05, 0) is 12.4 Å². The zero-order valence-electron chi connectivity index (χ0n) is 4.28. The van der Waals surface area contributed by atoms with Crippen LogP contribution < -0.4 is 10.6 Å². The molecule has 0 aliphatic rings. The Morgan fingerprint density at radius 3 is 1.86 bits per heavy atom. The zero-order chi connectivity index (χ0) is 5.54. The molecule has 0 saturated carbocycles. The fourth-order valence-corrected chi connectivity index (χ4v) is 0.203. The molecule has 0 atom stereocenters. The summed E-state index contributed by atoms with van der Waals surface area (Å²) in [6.07, 6.45) is 3.24. The van der Waals surface area contributed by atoms with Crippen LogP contribution in [0.5, 0.6) is 0 Å². The zero-order valence-corrected chi connectivity index (χ0v) is 4.28. The summed E-state index contributed by atoms with van der Waals surface area (Å²) in [5, 5.41) is 5.66. The molecule has 0 aliphatic carbocycles. The molecule has 7 heavy (non-hydrogen) atoms. The monoisotopic (exact) mass is 98.1 g/mol. The lowest BCUT2D eigenvalue weighted by Crippen LogP contribution is -2.19. The van der Waals surface area contributed by atoms with Gasteiger partial charge in [0.1, 0.15) is 0 Å². The molecule has 2 N–H and O–H groups in total. The summed E-state index contributed by atoms with van der Waals surface area (Å²) in [6, 6.07) is 0. The molecular weight excluding hydrogens is 88.1 g/mol. The first-order valence-corrected chi connectivity index (χ1v) is 2.10. The normalized spacial score (nSPS) is 6.86. The van der Waals surface area contributed by atoms with Gasteiger partial charge in [-0.3, -0.25) is 0 Å². The highest BCUT2D eigenvalue weighted by Crippen LogP contribution is 1.50. The van der Waals surface area contributed by atoms with Gasteiger partial charge in [0, 0.05) is 0 Å². The molecule has 40 valence electrons. The predicted molar refractivity (Wildman–Crippen MR) is 31.5 cm³/mol. The van der Waals surface area contributed by atoms with Crippen molar-refractivity contribution in [3.63, 3.8) is 0 Å². The Morgan fingerprint density at radius 1 is 1.14 bits per heavy atom. The third-order valence-corrected chi connectivity index (χ3v) is 0.493. The summed E-state index contributed by atoms with van der Waals surface area (Å²) in [5.74, 6) is 0. The molecule has 0 spiro atoms. The molecule has 0 aromatic rings. The second-order valence-corrected chi connectivity index (χ2v) is 0.993. The van der Waals surface area contributed by atoms with Crippen molar-refractivity contribution >= 4 is 0 Å². The van der Waals surface area contributed by atoms with E-state index in [9.17, 15) is 0 Å². The number of nitrogens with one attached hydrogen (secondary N) is 2. The molecule has 0 aromatic carbocycles. The van der Waals surface area contributed by atoms with Gasteiger partial charge in [-0.25, -0.2) is 0 Å². The van der Waals surface area contributed by atoms with Crippen molar-refractivity contribution in [2.75, 3.05) is 6.67 Å². The van der Waals surface area contributed by atoms with Crippen molar-refractivity contribution < 1.29 is 0 Å². The van der Waals surface area contributed by atoms with Crippen molar-refractivity contribution in [1.29, 1.82) is 0 Å². The van der Waals surface area contributed by atoms with Crippen LogP contribution in [0.3, 0.4) is 0 Å². The maximum Gasteiger partial charge on any atom is 0.0839 e. The van der Waals surface area contributed by atoms with Crippen molar-refractivity contribution in [3.8, 4) is 0 Å². The minimum Gasteiger partial charge on any atom is -0.374 e. The molecule has 0 heterocycles. The van der Waals surface area contributed by atoms with Gasteiger partial charge < -0.3 is 10.6 Å². The molecule has 0 aromatic heterocycles. The predicted octanol–water partition coefficient (Wildman–Crippen LogP) is 0.410. The fraction of sp³-hybridized carbons (Fsp3) is 0.200. The summed E-state index contributed by atoms with van der Waals surface area (Å²) >= 11 is 0. The van der Waals surface area contributed by atoms with Crippen molar-refractivity contribution in [2.45, 2.75) is 0 Å². The average molecular weight is 98.1 g/mol. The maximum absolute atomic E-state index is 3.45. The van der Waals surface area contributed by atoms with Crippen LogP contribution in [0.2, 0.25) is 0 Å². The van der Waals surface area contributed by atoms with Crippen LogP contribution in [0, 0.1) is 0 Å². The Labute approximate surface area is 43.9 Å². The topological polar surface area (TPSA) is 24.1 Å². The van der Waals surface area contributed by atoms with Crippen LogP contribution in [0.1, 0.15) is 0 Å². The lowest BCUT2D eigenvalue weighted by Gasteiger charge is -1.95. The Morgan fingerprint density at radius 2 is 1.57 bits per heavy atom. The third-order valence-electron chi connectivity index (χ3n) is 0.493. The van der Waals surface area contributed by atoms with Gasteiger partial charge in [0.05, 0.1) is 6.67 Å². The van der Waals surface area contributed by atoms with Crippen LogP contribution in [0.4, 0.5) is 0 Å². The average Bonchev–Trinajstić information content (AvgIpc) is 1.69. The highest BCUT2D eigenvalue weighted by atomic mass is 15.0. The first-order valence-electron chi connectivity index (χ1n) is 2.10. The fourth-order valence-electron chi connectivity index (χ4n) is 0.203. The number of rotatable bonds is 4. The molecule has 0 unspecified atom stereocenters. The number of hydrogen-bond acceptors (Lipinski definition) is 2. The van der Waals surface area contributed by atoms with E-state index in [2.05, 4.69) is 23.8 Å². The van der Waals surface area contributed by atoms with Crippen LogP contribution in [-0.4, -0.2) is 6.67 Å². The largest absolute Gasteiger partial charge is 0.374 e. The maximum atomic E-state index is 3.45. The van der Waals surface area contributed by atoms with E-state index in [4.69, 9.17) is 0 Å².